The molecule has 0 bridgehead atoms. The summed E-state index contributed by atoms with van der Waals surface area (Å²) in [6.45, 7) is 0. The molecule has 4 heteroatoms. The fourth-order valence-corrected chi connectivity index (χ4v) is 4.22. The van der Waals surface area contributed by atoms with Crippen molar-refractivity contribution in [3.63, 3.8) is 0 Å². The summed E-state index contributed by atoms with van der Waals surface area (Å²) in [6.07, 6.45) is 3.99. The van der Waals surface area contributed by atoms with Crippen LogP contribution in [-0.2, 0) is 4.79 Å². The van der Waals surface area contributed by atoms with Crippen LogP contribution in [0.15, 0.2) is 68.6 Å². The molecule has 2 aromatic rings. The van der Waals surface area contributed by atoms with E-state index in [1.807, 2.05) is 60.7 Å². The SMILES string of the molecule is O=C1/C(=C\c2cccc(Br)c2)CSC/C1=C/c1cccc(Br)c1. The number of halogens is 2. The van der Waals surface area contributed by atoms with E-state index in [2.05, 4.69) is 31.9 Å². The van der Waals surface area contributed by atoms with Crippen LogP contribution >= 0.6 is 43.6 Å². The molecule has 0 aliphatic carbocycles. The average Bonchev–Trinajstić information content (AvgIpc) is 2.51. The van der Waals surface area contributed by atoms with E-state index in [-0.39, 0.29) is 5.78 Å². The molecule has 116 valence electrons. The van der Waals surface area contributed by atoms with E-state index < -0.39 is 0 Å². The molecule has 0 spiro atoms. The van der Waals surface area contributed by atoms with Gasteiger partial charge < -0.3 is 0 Å². The molecule has 1 saturated heterocycles. The van der Waals surface area contributed by atoms with Gasteiger partial charge in [-0.3, -0.25) is 4.79 Å². The molecule has 1 aliphatic rings. The molecule has 0 N–H and O–H groups in total. The highest BCUT2D eigenvalue weighted by atomic mass is 79.9. The quantitative estimate of drug-likeness (QED) is 0.523. The van der Waals surface area contributed by atoms with E-state index in [0.717, 1.165) is 42.7 Å². The molecule has 2 aromatic carbocycles. The van der Waals surface area contributed by atoms with Crippen LogP contribution in [0.25, 0.3) is 12.2 Å². The fraction of sp³-hybridized carbons (Fsp3) is 0.105. The summed E-state index contributed by atoms with van der Waals surface area (Å²) in [4.78, 5) is 12.7. The van der Waals surface area contributed by atoms with Gasteiger partial charge in [-0.2, -0.15) is 11.8 Å². The molecule has 1 fully saturated rings. The summed E-state index contributed by atoms with van der Waals surface area (Å²) in [7, 11) is 0. The summed E-state index contributed by atoms with van der Waals surface area (Å²) in [5.41, 5.74) is 3.82. The van der Waals surface area contributed by atoms with Crippen LogP contribution in [0.4, 0.5) is 0 Å². The van der Waals surface area contributed by atoms with E-state index in [1.54, 1.807) is 11.8 Å². The smallest absolute Gasteiger partial charge is 0.186 e. The summed E-state index contributed by atoms with van der Waals surface area (Å²) >= 11 is 8.72. The van der Waals surface area contributed by atoms with Crippen molar-refractivity contribution in [3.05, 3.63) is 79.7 Å². The summed E-state index contributed by atoms with van der Waals surface area (Å²) in [5, 5.41) is 0. The maximum absolute atomic E-state index is 12.7. The van der Waals surface area contributed by atoms with Gasteiger partial charge in [-0.15, -0.1) is 0 Å². The predicted molar refractivity (Wildman–Crippen MR) is 107 cm³/mol. The number of benzene rings is 2. The summed E-state index contributed by atoms with van der Waals surface area (Å²) in [5.74, 6) is 1.69. The Labute approximate surface area is 157 Å². The van der Waals surface area contributed by atoms with Crippen LogP contribution in [0.2, 0.25) is 0 Å². The lowest BCUT2D eigenvalue weighted by atomic mass is 10.0. The second-order valence-electron chi connectivity index (χ2n) is 5.27. The molecule has 0 amide bonds. The second-order valence-corrected chi connectivity index (χ2v) is 8.09. The molecule has 0 radical (unpaired) electrons. The molecule has 0 atom stereocenters. The minimum absolute atomic E-state index is 0.156. The number of carbonyl (C=O) groups excluding carboxylic acids is 1. The van der Waals surface area contributed by atoms with Gasteiger partial charge in [0.2, 0.25) is 0 Å². The third-order valence-electron chi connectivity index (χ3n) is 3.48. The number of Topliss-reactive ketones (excluding diaryl/α,β-unsaturated/α-hetero) is 1. The first-order valence-electron chi connectivity index (χ1n) is 7.16. The minimum Gasteiger partial charge on any atom is -0.289 e. The van der Waals surface area contributed by atoms with Gasteiger partial charge in [0.15, 0.2) is 5.78 Å². The molecular weight excluding hydrogens is 436 g/mol. The molecule has 1 aliphatic heterocycles. The Morgan fingerprint density at radius 3 is 1.74 bits per heavy atom. The van der Waals surface area contributed by atoms with Crippen LogP contribution in [0.5, 0.6) is 0 Å². The van der Waals surface area contributed by atoms with Crippen LogP contribution in [0.3, 0.4) is 0 Å². The normalized spacial score (nSPS) is 18.6. The van der Waals surface area contributed by atoms with Crippen molar-refractivity contribution in [3.8, 4) is 0 Å². The van der Waals surface area contributed by atoms with Crippen LogP contribution in [0, 0.1) is 0 Å². The standard InChI is InChI=1S/C19H14Br2OS/c20-17-5-1-3-13(9-17)7-15-11-23-12-16(19(15)22)8-14-4-2-6-18(21)10-14/h1-10H,11-12H2/b15-7-,16-8-. The molecule has 1 heterocycles. The van der Waals surface area contributed by atoms with Gasteiger partial charge in [0.1, 0.15) is 0 Å². The monoisotopic (exact) mass is 448 g/mol. The molecule has 0 saturated carbocycles. The minimum atomic E-state index is 0.156. The zero-order valence-electron chi connectivity index (χ0n) is 12.3. The van der Waals surface area contributed by atoms with E-state index >= 15 is 0 Å². The third kappa shape index (κ3) is 4.46. The Kier molecular flexibility index (Phi) is 5.57. The van der Waals surface area contributed by atoms with Crippen molar-refractivity contribution < 1.29 is 4.79 Å². The Morgan fingerprint density at radius 1 is 0.826 bits per heavy atom. The van der Waals surface area contributed by atoms with Crippen molar-refractivity contribution in [2.45, 2.75) is 0 Å². The molecule has 1 nitrogen and oxygen atoms in total. The largest absolute Gasteiger partial charge is 0.289 e. The lowest BCUT2D eigenvalue weighted by molar-refractivity contribution is -0.112. The lowest BCUT2D eigenvalue weighted by Gasteiger charge is -2.16. The van der Waals surface area contributed by atoms with Crippen molar-refractivity contribution in [1.82, 2.24) is 0 Å². The topological polar surface area (TPSA) is 17.1 Å². The maximum Gasteiger partial charge on any atom is 0.186 e. The summed E-state index contributed by atoms with van der Waals surface area (Å²) < 4.78 is 2.04. The third-order valence-corrected chi connectivity index (χ3v) is 5.49. The van der Waals surface area contributed by atoms with Crippen LogP contribution < -0.4 is 0 Å². The first-order valence-corrected chi connectivity index (χ1v) is 9.90. The van der Waals surface area contributed by atoms with E-state index in [0.29, 0.717) is 0 Å². The van der Waals surface area contributed by atoms with Gasteiger partial charge in [0.05, 0.1) is 0 Å². The van der Waals surface area contributed by atoms with Gasteiger partial charge in [0.25, 0.3) is 0 Å². The highest BCUT2D eigenvalue weighted by Crippen LogP contribution is 2.27. The van der Waals surface area contributed by atoms with E-state index in [1.165, 1.54) is 0 Å². The molecule has 0 aromatic heterocycles. The number of rotatable bonds is 2. The molecular formula is C19H14Br2OS. The predicted octanol–water partition coefficient (Wildman–Crippen LogP) is 5.99. The number of carbonyl (C=O) groups is 1. The maximum atomic E-state index is 12.7. The van der Waals surface area contributed by atoms with Crippen molar-refractivity contribution in [2.75, 3.05) is 11.5 Å². The van der Waals surface area contributed by atoms with Gasteiger partial charge in [-0.1, -0.05) is 56.1 Å². The second kappa shape index (κ2) is 7.65. The van der Waals surface area contributed by atoms with E-state index in [4.69, 9.17) is 0 Å². The first-order chi connectivity index (χ1) is 11.1. The highest BCUT2D eigenvalue weighted by molar-refractivity contribution is 9.10. The Balaban J connectivity index is 1.89. The van der Waals surface area contributed by atoms with Gasteiger partial charge in [-0.05, 0) is 47.5 Å². The number of hydrogen-bond donors (Lipinski definition) is 0. The van der Waals surface area contributed by atoms with Crippen LogP contribution in [-0.4, -0.2) is 17.3 Å². The number of ketones is 1. The Bertz CT molecular complexity index is 743. The number of hydrogen-bond acceptors (Lipinski definition) is 2. The molecule has 3 rings (SSSR count). The van der Waals surface area contributed by atoms with Gasteiger partial charge in [0, 0.05) is 31.6 Å². The zero-order chi connectivity index (χ0) is 16.2. The highest BCUT2D eigenvalue weighted by Gasteiger charge is 2.20. The molecule has 23 heavy (non-hydrogen) atoms. The Hall–Kier alpha value is -1.10. The number of thioether (sulfide) groups is 1. The lowest BCUT2D eigenvalue weighted by Crippen LogP contribution is -2.16. The molecule has 0 unspecified atom stereocenters. The van der Waals surface area contributed by atoms with E-state index in [9.17, 15) is 4.79 Å². The van der Waals surface area contributed by atoms with Crippen molar-refractivity contribution >= 4 is 61.6 Å². The van der Waals surface area contributed by atoms with Gasteiger partial charge in [-0.25, -0.2) is 0 Å². The zero-order valence-corrected chi connectivity index (χ0v) is 16.2. The average molecular weight is 450 g/mol. The Morgan fingerprint density at radius 2 is 1.30 bits per heavy atom. The van der Waals surface area contributed by atoms with Gasteiger partial charge >= 0.3 is 0 Å². The van der Waals surface area contributed by atoms with Crippen molar-refractivity contribution in [2.24, 2.45) is 0 Å². The van der Waals surface area contributed by atoms with Crippen LogP contribution in [0.1, 0.15) is 11.1 Å². The fourth-order valence-electron chi connectivity index (χ4n) is 2.42. The van der Waals surface area contributed by atoms with Crippen molar-refractivity contribution in [1.29, 1.82) is 0 Å². The first kappa shape index (κ1) is 16.7. The summed E-state index contributed by atoms with van der Waals surface area (Å²) in [6, 6.07) is 16.0.